The molecule has 1 saturated heterocycles. The average Bonchev–Trinajstić information content (AvgIpc) is 2.08. The second kappa shape index (κ2) is 5.69. The molecule has 1 unspecified atom stereocenters. The first-order valence-electron chi connectivity index (χ1n) is 3.56. The molecule has 0 aromatic heterocycles. The minimum absolute atomic E-state index is 0. The van der Waals surface area contributed by atoms with Crippen LogP contribution in [0.1, 0.15) is 0 Å². The number of aliphatic hydroxyl groups is 4. The molecule has 5 nitrogen and oxygen atoms in total. The van der Waals surface area contributed by atoms with Gasteiger partial charge in [-0.05, 0) is 0 Å². The molecule has 0 saturated carbocycles. The molecule has 0 aliphatic carbocycles. The van der Waals surface area contributed by atoms with Gasteiger partial charge >= 0.3 is 0 Å². The molecule has 1 aliphatic rings. The molecular formula is C6H12AuO5S. The molecule has 13 heavy (non-hydrogen) atoms. The average molecular weight is 393 g/mol. The Kier molecular flexibility index (Phi) is 6.08. The molecule has 1 fully saturated rings. The van der Waals surface area contributed by atoms with E-state index in [4.69, 9.17) is 14.9 Å². The van der Waals surface area contributed by atoms with Crippen LogP contribution in [0.4, 0.5) is 0 Å². The van der Waals surface area contributed by atoms with Gasteiger partial charge in [-0.3, -0.25) is 0 Å². The van der Waals surface area contributed by atoms with Gasteiger partial charge in [-0.25, -0.2) is 0 Å². The summed E-state index contributed by atoms with van der Waals surface area (Å²) in [5.41, 5.74) is -0.874. The molecule has 5 atom stereocenters. The topological polar surface area (TPSA) is 90.2 Å². The maximum Gasteiger partial charge on any atom is 0.129 e. The normalized spacial score (nSPS) is 45.5. The molecule has 1 heterocycles. The Bertz CT molecular complexity index is 155. The number of ether oxygens (including phenoxy) is 1. The molecule has 4 N–H and O–H groups in total. The van der Waals surface area contributed by atoms with E-state index in [1.807, 2.05) is 0 Å². The zero-order valence-electron chi connectivity index (χ0n) is 6.54. The van der Waals surface area contributed by atoms with Crippen molar-refractivity contribution < 1.29 is 47.5 Å². The Morgan fingerprint density at radius 3 is 2.08 bits per heavy atom. The third-order valence-corrected chi connectivity index (χ3v) is 2.29. The Morgan fingerprint density at radius 2 is 1.62 bits per heavy atom. The van der Waals surface area contributed by atoms with Crippen molar-refractivity contribution in [3.8, 4) is 0 Å². The minimum Gasteiger partial charge on any atom is -0.394 e. The summed E-state index contributed by atoms with van der Waals surface area (Å²) in [6.45, 7) is -0.415. The first-order valence-corrected chi connectivity index (χ1v) is 4.08. The smallest absolute Gasteiger partial charge is 0.129 e. The van der Waals surface area contributed by atoms with Crippen molar-refractivity contribution in [2.45, 2.75) is 29.9 Å². The summed E-state index contributed by atoms with van der Waals surface area (Å²) < 4.78 is 4.88. The fourth-order valence-corrected chi connectivity index (χ4v) is 1.41. The van der Waals surface area contributed by atoms with Crippen molar-refractivity contribution in [2.75, 3.05) is 6.61 Å². The van der Waals surface area contributed by atoms with Crippen LogP contribution in [-0.4, -0.2) is 56.9 Å². The number of aliphatic hydroxyl groups excluding tert-OH is 4. The van der Waals surface area contributed by atoms with Crippen LogP contribution in [0.15, 0.2) is 0 Å². The van der Waals surface area contributed by atoms with E-state index in [2.05, 4.69) is 12.6 Å². The monoisotopic (exact) mass is 393 g/mol. The molecule has 7 heteroatoms. The molecule has 0 aromatic carbocycles. The fraction of sp³-hybridized carbons (Fsp3) is 1.00. The first kappa shape index (κ1) is 13.9. The van der Waals surface area contributed by atoms with Crippen LogP contribution in [0.25, 0.3) is 0 Å². The Labute approximate surface area is 96.6 Å². The van der Waals surface area contributed by atoms with Crippen LogP contribution in [-0.2, 0) is 27.1 Å². The number of hydrogen-bond donors (Lipinski definition) is 5. The van der Waals surface area contributed by atoms with Crippen molar-refractivity contribution in [3.05, 3.63) is 0 Å². The summed E-state index contributed by atoms with van der Waals surface area (Å²) in [7, 11) is 0. The predicted octanol–water partition coefficient (Wildman–Crippen LogP) is -2.29. The maximum atomic E-state index is 9.20. The van der Waals surface area contributed by atoms with Gasteiger partial charge in [0.05, 0.1) is 6.61 Å². The van der Waals surface area contributed by atoms with Gasteiger partial charge in [-0.1, -0.05) is 0 Å². The van der Waals surface area contributed by atoms with Crippen LogP contribution in [0.2, 0.25) is 0 Å². The molecule has 0 bridgehead atoms. The van der Waals surface area contributed by atoms with Gasteiger partial charge in [-0.2, -0.15) is 0 Å². The zero-order chi connectivity index (χ0) is 9.30. The third kappa shape index (κ3) is 2.92. The van der Waals surface area contributed by atoms with Gasteiger partial charge in [-0.15, -0.1) is 12.6 Å². The van der Waals surface area contributed by atoms with Crippen molar-refractivity contribution in [1.82, 2.24) is 0 Å². The third-order valence-electron chi connectivity index (χ3n) is 1.87. The molecule has 0 spiro atoms. The van der Waals surface area contributed by atoms with Gasteiger partial charge in [0.2, 0.25) is 0 Å². The standard InChI is InChI=1S/C6H12O5S.Au/c7-1-2-3(8)4(9)5(10)6(12)11-2;/h2-10,12H,1H2;/t2-,3-,4+,5-,6?;/m1./s1. The zero-order valence-corrected chi connectivity index (χ0v) is 9.60. The van der Waals surface area contributed by atoms with Crippen molar-refractivity contribution >= 4 is 12.6 Å². The van der Waals surface area contributed by atoms with E-state index in [0.29, 0.717) is 0 Å². The number of thiol groups is 1. The van der Waals surface area contributed by atoms with Crippen molar-refractivity contribution in [1.29, 1.82) is 0 Å². The number of hydrogen-bond acceptors (Lipinski definition) is 6. The van der Waals surface area contributed by atoms with Gasteiger partial charge in [0.15, 0.2) is 0 Å². The van der Waals surface area contributed by atoms with E-state index in [1.54, 1.807) is 0 Å². The molecule has 1 rings (SSSR count). The molecular weight excluding hydrogens is 381 g/mol. The molecule has 1 radical (unpaired) electrons. The van der Waals surface area contributed by atoms with Crippen LogP contribution in [0.3, 0.4) is 0 Å². The van der Waals surface area contributed by atoms with Gasteiger partial charge < -0.3 is 25.2 Å². The van der Waals surface area contributed by atoms with Gasteiger partial charge in [0, 0.05) is 22.4 Å². The summed E-state index contributed by atoms with van der Waals surface area (Å²) >= 11 is 3.81. The molecule has 1 aliphatic heterocycles. The van der Waals surface area contributed by atoms with Gasteiger partial charge in [0.1, 0.15) is 29.9 Å². The summed E-state index contributed by atoms with van der Waals surface area (Å²) in [5.74, 6) is 0. The Hall–Kier alpha value is 0.890. The van der Waals surface area contributed by atoms with E-state index in [-0.39, 0.29) is 22.4 Å². The van der Waals surface area contributed by atoms with E-state index < -0.39 is 36.5 Å². The molecule has 0 amide bonds. The quantitative estimate of drug-likeness (QED) is 0.256. The van der Waals surface area contributed by atoms with Gasteiger partial charge in [0.25, 0.3) is 0 Å². The van der Waals surface area contributed by atoms with E-state index in [0.717, 1.165) is 0 Å². The van der Waals surface area contributed by atoms with Crippen LogP contribution in [0.5, 0.6) is 0 Å². The summed E-state index contributed by atoms with van der Waals surface area (Å²) in [5, 5.41) is 36.2. The van der Waals surface area contributed by atoms with Crippen LogP contribution < -0.4 is 0 Å². The Balaban J connectivity index is 0.00000144. The Morgan fingerprint density at radius 1 is 1.08 bits per heavy atom. The van der Waals surface area contributed by atoms with Crippen LogP contribution >= 0.6 is 12.6 Å². The fourth-order valence-electron chi connectivity index (χ4n) is 1.08. The maximum absolute atomic E-state index is 9.20. The van der Waals surface area contributed by atoms with Crippen molar-refractivity contribution in [2.24, 2.45) is 0 Å². The van der Waals surface area contributed by atoms with E-state index in [9.17, 15) is 10.2 Å². The van der Waals surface area contributed by atoms with Crippen LogP contribution in [0, 0.1) is 0 Å². The summed E-state index contributed by atoms with van der Waals surface area (Å²) in [4.78, 5) is 0. The predicted molar refractivity (Wildman–Crippen MR) is 42.8 cm³/mol. The molecule has 83 valence electrons. The summed E-state index contributed by atoms with van der Waals surface area (Å²) in [6, 6.07) is 0. The number of rotatable bonds is 1. The summed E-state index contributed by atoms with van der Waals surface area (Å²) in [6.07, 6.45) is -4.70. The second-order valence-corrected chi connectivity index (χ2v) is 3.23. The largest absolute Gasteiger partial charge is 0.394 e. The molecule has 0 aromatic rings. The van der Waals surface area contributed by atoms with E-state index in [1.165, 1.54) is 0 Å². The second-order valence-electron chi connectivity index (χ2n) is 2.72. The minimum atomic E-state index is -1.32. The van der Waals surface area contributed by atoms with Crippen molar-refractivity contribution in [3.63, 3.8) is 0 Å². The SMILES string of the molecule is OC[C@H]1OC(S)[C@H](O)[C@@H](O)[C@@H]1O.[Au]. The van der Waals surface area contributed by atoms with E-state index >= 15 is 0 Å². The first-order chi connectivity index (χ1) is 5.57.